The van der Waals surface area contributed by atoms with E-state index in [4.69, 9.17) is 14.5 Å². The second kappa shape index (κ2) is 6.02. The van der Waals surface area contributed by atoms with Gasteiger partial charge in [0, 0.05) is 25.0 Å². The number of hydrogen-bond acceptors (Lipinski definition) is 3. The molecule has 0 spiro atoms. The van der Waals surface area contributed by atoms with Crippen molar-refractivity contribution in [2.45, 2.75) is 0 Å². The molecule has 126 valence electrons. The molecule has 0 saturated heterocycles. The van der Waals surface area contributed by atoms with Crippen molar-refractivity contribution >= 4 is 5.78 Å². The maximum absolute atomic E-state index is 5.23. The van der Waals surface area contributed by atoms with Gasteiger partial charge in [-0.3, -0.25) is 4.40 Å². The standard InChI is InChI=1S/C20H19N3O2/c1-22-19(15-6-10-17(25-3)11-7-15)13-23-12-18(21-20(22)23)14-4-8-16(24-2)9-5-14/h4-13H,1-3H3. The quantitative estimate of drug-likeness (QED) is 0.566. The normalized spacial score (nSPS) is 11.0. The van der Waals surface area contributed by atoms with Gasteiger partial charge in [-0.15, -0.1) is 0 Å². The van der Waals surface area contributed by atoms with Gasteiger partial charge < -0.3 is 14.0 Å². The first kappa shape index (κ1) is 15.3. The van der Waals surface area contributed by atoms with Crippen molar-refractivity contribution in [3.63, 3.8) is 0 Å². The Morgan fingerprint density at radius 2 is 1.32 bits per heavy atom. The Bertz CT molecular complexity index is 1010. The smallest absolute Gasteiger partial charge is 0.214 e. The van der Waals surface area contributed by atoms with Gasteiger partial charge in [-0.1, -0.05) is 0 Å². The average Bonchev–Trinajstić information content (AvgIpc) is 3.21. The Kier molecular flexibility index (Phi) is 3.69. The lowest BCUT2D eigenvalue weighted by Gasteiger charge is -2.04. The maximum atomic E-state index is 5.23. The van der Waals surface area contributed by atoms with Gasteiger partial charge in [0.1, 0.15) is 11.5 Å². The highest BCUT2D eigenvalue weighted by Gasteiger charge is 2.12. The molecule has 0 unspecified atom stereocenters. The van der Waals surface area contributed by atoms with Crippen molar-refractivity contribution in [1.29, 1.82) is 0 Å². The third kappa shape index (κ3) is 2.63. The van der Waals surface area contributed by atoms with Crippen molar-refractivity contribution in [3.05, 3.63) is 60.9 Å². The van der Waals surface area contributed by atoms with E-state index in [1.807, 2.05) is 49.6 Å². The van der Waals surface area contributed by atoms with Crippen LogP contribution in [0.15, 0.2) is 60.9 Å². The second-order valence-electron chi connectivity index (χ2n) is 5.86. The molecule has 2 heterocycles. The van der Waals surface area contributed by atoms with E-state index in [0.29, 0.717) is 0 Å². The van der Waals surface area contributed by atoms with E-state index < -0.39 is 0 Å². The molecule has 4 rings (SSSR count). The van der Waals surface area contributed by atoms with Crippen molar-refractivity contribution in [3.8, 4) is 34.0 Å². The van der Waals surface area contributed by atoms with Crippen LogP contribution in [-0.2, 0) is 7.05 Å². The topological polar surface area (TPSA) is 40.7 Å². The fraction of sp³-hybridized carbons (Fsp3) is 0.150. The Morgan fingerprint density at radius 3 is 1.84 bits per heavy atom. The molecule has 25 heavy (non-hydrogen) atoms. The minimum Gasteiger partial charge on any atom is -0.497 e. The number of hydrogen-bond donors (Lipinski definition) is 0. The Morgan fingerprint density at radius 1 is 0.760 bits per heavy atom. The summed E-state index contributed by atoms with van der Waals surface area (Å²) in [7, 11) is 5.37. The predicted molar refractivity (Wildman–Crippen MR) is 98.1 cm³/mol. The van der Waals surface area contributed by atoms with Crippen LogP contribution < -0.4 is 9.47 Å². The molecule has 0 amide bonds. The summed E-state index contributed by atoms with van der Waals surface area (Å²) in [5, 5.41) is 0. The Hall–Kier alpha value is -3.21. The fourth-order valence-electron chi connectivity index (χ4n) is 2.98. The molecular weight excluding hydrogens is 314 g/mol. The molecule has 5 nitrogen and oxygen atoms in total. The highest BCUT2D eigenvalue weighted by molar-refractivity contribution is 5.67. The monoisotopic (exact) mass is 333 g/mol. The van der Waals surface area contributed by atoms with Crippen LogP contribution in [0.3, 0.4) is 0 Å². The lowest BCUT2D eigenvalue weighted by atomic mass is 10.1. The largest absolute Gasteiger partial charge is 0.497 e. The Labute approximate surface area is 146 Å². The van der Waals surface area contributed by atoms with Gasteiger partial charge in [0.2, 0.25) is 5.78 Å². The van der Waals surface area contributed by atoms with Crippen molar-refractivity contribution in [2.75, 3.05) is 14.2 Å². The number of ether oxygens (including phenoxy) is 2. The van der Waals surface area contributed by atoms with Crippen LogP contribution in [0.25, 0.3) is 28.3 Å². The molecule has 4 aromatic rings. The molecule has 0 aliphatic carbocycles. The number of rotatable bonds is 4. The van der Waals surface area contributed by atoms with Crippen LogP contribution in [0.4, 0.5) is 0 Å². The number of imidazole rings is 2. The van der Waals surface area contributed by atoms with Crippen LogP contribution in [0.1, 0.15) is 0 Å². The Balaban J connectivity index is 1.72. The molecule has 0 atom stereocenters. The van der Waals surface area contributed by atoms with E-state index in [2.05, 4.69) is 27.3 Å². The number of fused-ring (bicyclic) bond motifs is 1. The third-order valence-corrected chi connectivity index (χ3v) is 4.41. The number of aryl methyl sites for hydroxylation is 1. The summed E-state index contributed by atoms with van der Waals surface area (Å²) < 4.78 is 14.6. The molecular formula is C20H19N3O2. The molecule has 0 aliphatic heterocycles. The van der Waals surface area contributed by atoms with E-state index in [1.165, 1.54) is 0 Å². The van der Waals surface area contributed by atoms with Crippen LogP contribution in [0.2, 0.25) is 0 Å². The first-order valence-electron chi connectivity index (χ1n) is 8.03. The fourth-order valence-corrected chi connectivity index (χ4v) is 2.98. The van der Waals surface area contributed by atoms with Gasteiger partial charge in [-0.2, -0.15) is 0 Å². The van der Waals surface area contributed by atoms with Crippen LogP contribution in [0.5, 0.6) is 11.5 Å². The second-order valence-corrected chi connectivity index (χ2v) is 5.86. The van der Waals surface area contributed by atoms with E-state index in [9.17, 15) is 0 Å². The molecule has 0 radical (unpaired) electrons. The van der Waals surface area contributed by atoms with Crippen molar-refractivity contribution in [1.82, 2.24) is 14.0 Å². The summed E-state index contributed by atoms with van der Waals surface area (Å²) in [6.07, 6.45) is 4.14. The van der Waals surface area contributed by atoms with Crippen molar-refractivity contribution in [2.24, 2.45) is 7.05 Å². The molecule has 0 bridgehead atoms. The summed E-state index contributed by atoms with van der Waals surface area (Å²) in [5.41, 5.74) is 4.23. The lowest BCUT2D eigenvalue weighted by Crippen LogP contribution is -1.93. The highest BCUT2D eigenvalue weighted by atomic mass is 16.5. The molecule has 0 fully saturated rings. The predicted octanol–water partition coefficient (Wildman–Crippen LogP) is 4.02. The zero-order chi connectivity index (χ0) is 17.4. The van der Waals surface area contributed by atoms with E-state index in [0.717, 1.165) is 39.8 Å². The first-order chi connectivity index (χ1) is 12.2. The van der Waals surface area contributed by atoms with Gasteiger partial charge in [-0.25, -0.2) is 4.98 Å². The molecule has 2 aromatic carbocycles. The SMILES string of the molecule is COc1ccc(-c2cn3cc(-c4ccc(OC)cc4)n(C)c3n2)cc1. The summed E-state index contributed by atoms with van der Waals surface area (Å²) in [4.78, 5) is 4.78. The van der Waals surface area contributed by atoms with Crippen molar-refractivity contribution < 1.29 is 9.47 Å². The van der Waals surface area contributed by atoms with Gasteiger partial charge in [-0.05, 0) is 54.1 Å². The van der Waals surface area contributed by atoms with Gasteiger partial charge >= 0.3 is 0 Å². The minimum atomic E-state index is 0.842. The van der Waals surface area contributed by atoms with Gasteiger partial charge in [0.15, 0.2) is 0 Å². The van der Waals surface area contributed by atoms with E-state index in [-0.39, 0.29) is 0 Å². The average molecular weight is 333 g/mol. The summed E-state index contributed by atoms with van der Waals surface area (Å²) >= 11 is 0. The highest BCUT2D eigenvalue weighted by Crippen LogP contribution is 2.27. The zero-order valence-electron chi connectivity index (χ0n) is 14.4. The van der Waals surface area contributed by atoms with E-state index >= 15 is 0 Å². The molecule has 2 aromatic heterocycles. The maximum Gasteiger partial charge on any atom is 0.214 e. The van der Waals surface area contributed by atoms with Gasteiger partial charge in [0.05, 0.1) is 25.6 Å². The van der Waals surface area contributed by atoms with Gasteiger partial charge in [0.25, 0.3) is 0 Å². The van der Waals surface area contributed by atoms with Crippen LogP contribution in [-0.4, -0.2) is 28.2 Å². The first-order valence-corrected chi connectivity index (χ1v) is 8.03. The number of aromatic nitrogens is 3. The minimum absolute atomic E-state index is 0.842. The van der Waals surface area contributed by atoms with Crippen LogP contribution in [0, 0.1) is 0 Å². The lowest BCUT2D eigenvalue weighted by molar-refractivity contribution is 0.415. The number of methoxy groups -OCH3 is 2. The summed E-state index contributed by atoms with van der Waals surface area (Å²) in [5.74, 6) is 2.59. The summed E-state index contributed by atoms with van der Waals surface area (Å²) in [6.45, 7) is 0. The third-order valence-electron chi connectivity index (χ3n) is 4.41. The summed E-state index contributed by atoms with van der Waals surface area (Å²) in [6, 6.07) is 16.0. The molecule has 0 aliphatic rings. The van der Waals surface area contributed by atoms with Crippen LogP contribution >= 0.6 is 0 Å². The zero-order valence-corrected chi connectivity index (χ0v) is 14.4. The molecule has 0 saturated carbocycles. The van der Waals surface area contributed by atoms with E-state index in [1.54, 1.807) is 14.2 Å². The molecule has 5 heteroatoms. The number of benzene rings is 2. The number of nitrogens with zero attached hydrogens (tertiary/aromatic N) is 3. The molecule has 0 N–H and O–H groups in total.